The second-order valence-corrected chi connectivity index (χ2v) is 6.52. The molecule has 120 valence electrons. The van der Waals surface area contributed by atoms with Gasteiger partial charge in [-0.2, -0.15) is 0 Å². The highest BCUT2D eigenvalue weighted by Crippen LogP contribution is 2.45. The summed E-state index contributed by atoms with van der Waals surface area (Å²) in [4.78, 5) is 5.12. The van der Waals surface area contributed by atoms with E-state index in [1.165, 1.54) is 17.7 Å². The van der Waals surface area contributed by atoms with Gasteiger partial charge in [-0.1, -0.05) is 42.5 Å². The summed E-state index contributed by atoms with van der Waals surface area (Å²) < 4.78 is 5.50. The minimum Gasteiger partial charge on any atom is -0.495 e. The first-order chi connectivity index (χ1) is 11.4. The Bertz CT molecular complexity index is 650. The molecule has 2 atom stereocenters. The van der Waals surface area contributed by atoms with E-state index in [2.05, 4.69) is 52.3 Å². The van der Waals surface area contributed by atoms with Gasteiger partial charge in [-0.25, -0.2) is 0 Å². The molecule has 2 aromatic carbocycles. The third-order valence-corrected chi connectivity index (χ3v) is 5.19. The number of rotatable bonds is 4. The standard InChI is InChI=1S/C20H24N2O/c1-23-20-10-6-5-9-18(20)21-11-13-22(14-12-21)19-15-17(19)16-7-3-2-4-8-16/h2-10,17,19H,11-15H2,1H3/t17-,19+/m0/s1. The molecule has 2 fully saturated rings. The van der Waals surface area contributed by atoms with Crippen LogP contribution in [0.5, 0.6) is 5.75 Å². The number of hydrogen-bond acceptors (Lipinski definition) is 3. The quantitative estimate of drug-likeness (QED) is 0.861. The van der Waals surface area contributed by atoms with Crippen molar-refractivity contribution in [3.8, 4) is 5.75 Å². The smallest absolute Gasteiger partial charge is 0.142 e. The van der Waals surface area contributed by atoms with E-state index in [-0.39, 0.29) is 0 Å². The summed E-state index contributed by atoms with van der Waals surface area (Å²) in [6.45, 7) is 4.45. The lowest BCUT2D eigenvalue weighted by Gasteiger charge is -2.37. The van der Waals surface area contributed by atoms with Crippen molar-refractivity contribution in [1.82, 2.24) is 4.90 Å². The van der Waals surface area contributed by atoms with Gasteiger partial charge in [-0.15, -0.1) is 0 Å². The lowest BCUT2D eigenvalue weighted by atomic mass is 10.1. The highest BCUT2D eigenvalue weighted by Gasteiger charge is 2.43. The minimum absolute atomic E-state index is 0.744. The molecular formula is C20H24N2O. The molecule has 0 spiro atoms. The maximum Gasteiger partial charge on any atom is 0.142 e. The van der Waals surface area contributed by atoms with Crippen LogP contribution in [0.15, 0.2) is 54.6 Å². The molecule has 3 nitrogen and oxygen atoms in total. The summed E-state index contributed by atoms with van der Waals surface area (Å²) in [5.41, 5.74) is 2.73. The number of benzene rings is 2. The average molecular weight is 308 g/mol. The molecule has 23 heavy (non-hydrogen) atoms. The fourth-order valence-corrected chi connectivity index (χ4v) is 3.83. The van der Waals surface area contributed by atoms with Crippen molar-refractivity contribution < 1.29 is 4.74 Å². The van der Waals surface area contributed by atoms with Crippen LogP contribution in [0.2, 0.25) is 0 Å². The molecule has 0 radical (unpaired) electrons. The van der Waals surface area contributed by atoms with Crippen LogP contribution in [-0.2, 0) is 0 Å². The number of ether oxygens (including phenoxy) is 1. The largest absolute Gasteiger partial charge is 0.495 e. The van der Waals surface area contributed by atoms with Gasteiger partial charge in [0.2, 0.25) is 0 Å². The minimum atomic E-state index is 0.744. The molecule has 1 aliphatic carbocycles. The van der Waals surface area contributed by atoms with Crippen LogP contribution < -0.4 is 9.64 Å². The van der Waals surface area contributed by atoms with Crippen LogP contribution in [0.25, 0.3) is 0 Å². The van der Waals surface area contributed by atoms with Crippen molar-refractivity contribution in [3.63, 3.8) is 0 Å². The Hall–Kier alpha value is -2.00. The van der Waals surface area contributed by atoms with Crippen LogP contribution in [0.3, 0.4) is 0 Å². The monoisotopic (exact) mass is 308 g/mol. The second-order valence-electron chi connectivity index (χ2n) is 6.52. The summed E-state index contributed by atoms with van der Waals surface area (Å²) in [6.07, 6.45) is 1.32. The first kappa shape index (κ1) is 14.6. The molecule has 0 amide bonds. The predicted molar refractivity (Wildman–Crippen MR) is 94.4 cm³/mol. The van der Waals surface area contributed by atoms with E-state index in [1.807, 2.05) is 12.1 Å². The van der Waals surface area contributed by atoms with Gasteiger partial charge in [0.05, 0.1) is 12.8 Å². The lowest BCUT2D eigenvalue weighted by Crippen LogP contribution is -2.47. The van der Waals surface area contributed by atoms with E-state index in [0.29, 0.717) is 0 Å². The van der Waals surface area contributed by atoms with E-state index in [1.54, 1.807) is 7.11 Å². The Morgan fingerprint density at radius 1 is 0.870 bits per heavy atom. The normalized spacial score (nSPS) is 24.5. The van der Waals surface area contributed by atoms with Crippen LogP contribution in [0.4, 0.5) is 5.69 Å². The van der Waals surface area contributed by atoms with Crippen LogP contribution in [0, 0.1) is 0 Å². The number of piperazine rings is 1. The molecule has 1 heterocycles. The van der Waals surface area contributed by atoms with Crippen molar-refractivity contribution in [3.05, 3.63) is 60.2 Å². The Morgan fingerprint density at radius 3 is 2.30 bits per heavy atom. The predicted octanol–water partition coefficient (Wildman–Crippen LogP) is 3.37. The molecule has 2 aliphatic rings. The van der Waals surface area contributed by atoms with E-state index in [4.69, 9.17) is 4.74 Å². The Morgan fingerprint density at radius 2 is 1.57 bits per heavy atom. The van der Waals surface area contributed by atoms with Crippen molar-refractivity contribution in [2.45, 2.75) is 18.4 Å². The third-order valence-electron chi connectivity index (χ3n) is 5.19. The fourth-order valence-electron chi connectivity index (χ4n) is 3.83. The van der Waals surface area contributed by atoms with Crippen LogP contribution >= 0.6 is 0 Å². The maximum absolute atomic E-state index is 5.50. The van der Waals surface area contributed by atoms with Gasteiger partial charge >= 0.3 is 0 Å². The van der Waals surface area contributed by atoms with Gasteiger partial charge in [0.15, 0.2) is 0 Å². The Balaban J connectivity index is 1.37. The SMILES string of the molecule is COc1ccccc1N1CCN([C@@H]2C[C@H]2c2ccccc2)CC1. The fraction of sp³-hybridized carbons (Fsp3) is 0.400. The van der Waals surface area contributed by atoms with Gasteiger partial charge < -0.3 is 9.64 Å². The van der Waals surface area contributed by atoms with Gasteiger partial charge in [0.25, 0.3) is 0 Å². The summed E-state index contributed by atoms with van der Waals surface area (Å²) in [5.74, 6) is 1.73. The summed E-state index contributed by atoms with van der Waals surface area (Å²) >= 11 is 0. The molecule has 0 unspecified atom stereocenters. The zero-order valence-electron chi connectivity index (χ0n) is 13.7. The molecule has 0 bridgehead atoms. The molecule has 1 saturated heterocycles. The number of para-hydroxylation sites is 2. The molecule has 4 rings (SSSR count). The molecule has 1 aliphatic heterocycles. The van der Waals surface area contributed by atoms with E-state index >= 15 is 0 Å². The molecule has 2 aromatic rings. The van der Waals surface area contributed by atoms with Gasteiger partial charge in [0, 0.05) is 38.1 Å². The average Bonchev–Trinajstić information content (AvgIpc) is 3.43. The van der Waals surface area contributed by atoms with Crippen LogP contribution in [0.1, 0.15) is 17.9 Å². The number of anilines is 1. The van der Waals surface area contributed by atoms with Gasteiger partial charge in [-0.05, 0) is 24.1 Å². The maximum atomic E-state index is 5.50. The summed E-state index contributed by atoms with van der Waals surface area (Å²) in [5, 5.41) is 0. The molecular weight excluding hydrogens is 284 g/mol. The van der Waals surface area contributed by atoms with Crippen LogP contribution in [-0.4, -0.2) is 44.2 Å². The highest BCUT2D eigenvalue weighted by atomic mass is 16.5. The molecule has 0 N–H and O–H groups in total. The Labute approximate surface area is 138 Å². The lowest BCUT2D eigenvalue weighted by molar-refractivity contribution is 0.243. The summed E-state index contributed by atoms with van der Waals surface area (Å²) in [7, 11) is 1.75. The van der Waals surface area contributed by atoms with Crippen molar-refractivity contribution in [2.24, 2.45) is 0 Å². The van der Waals surface area contributed by atoms with E-state index in [0.717, 1.165) is 43.9 Å². The highest BCUT2D eigenvalue weighted by molar-refractivity contribution is 5.58. The second kappa shape index (κ2) is 6.25. The first-order valence-electron chi connectivity index (χ1n) is 8.54. The summed E-state index contributed by atoms with van der Waals surface area (Å²) in [6, 6.07) is 20.1. The van der Waals surface area contributed by atoms with E-state index in [9.17, 15) is 0 Å². The Kier molecular flexibility index (Phi) is 3.96. The molecule has 1 saturated carbocycles. The zero-order valence-corrected chi connectivity index (χ0v) is 13.7. The van der Waals surface area contributed by atoms with Crippen molar-refractivity contribution >= 4 is 5.69 Å². The topological polar surface area (TPSA) is 15.7 Å². The van der Waals surface area contributed by atoms with E-state index < -0.39 is 0 Å². The molecule has 3 heteroatoms. The molecule has 0 aromatic heterocycles. The number of hydrogen-bond donors (Lipinski definition) is 0. The first-order valence-corrected chi connectivity index (χ1v) is 8.54. The van der Waals surface area contributed by atoms with Crippen molar-refractivity contribution in [2.75, 3.05) is 38.2 Å². The van der Waals surface area contributed by atoms with Crippen molar-refractivity contribution in [1.29, 1.82) is 0 Å². The number of methoxy groups -OCH3 is 1. The van der Waals surface area contributed by atoms with Gasteiger partial charge in [0.1, 0.15) is 5.75 Å². The third kappa shape index (κ3) is 2.93. The number of nitrogens with zero attached hydrogens (tertiary/aromatic N) is 2. The van der Waals surface area contributed by atoms with Gasteiger partial charge in [-0.3, -0.25) is 4.90 Å². The zero-order chi connectivity index (χ0) is 15.6.